The van der Waals surface area contributed by atoms with Crippen LogP contribution in [0.4, 0.5) is 0 Å². The van der Waals surface area contributed by atoms with Crippen LogP contribution in [-0.4, -0.2) is 26.0 Å². The Morgan fingerprint density at radius 1 is 1.11 bits per heavy atom. The summed E-state index contributed by atoms with van der Waals surface area (Å²) in [7, 11) is 1.88. The van der Waals surface area contributed by atoms with Crippen LogP contribution < -0.4 is 10.6 Å². The van der Waals surface area contributed by atoms with Crippen LogP contribution >= 0.6 is 0 Å². The van der Waals surface area contributed by atoms with Crippen molar-refractivity contribution in [3.05, 3.63) is 35.4 Å². The molecular formula is C15H24N2O. The van der Waals surface area contributed by atoms with E-state index >= 15 is 0 Å². The molecule has 3 heteroatoms. The Balaban J connectivity index is 2.07. The lowest BCUT2D eigenvalue weighted by molar-refractivity contribution is -0.121. The molecular weight excluding hydrogens is 224 g/mol. The molecule has 0 spiro atoms. The first kappa shape index (κ1) is 14.7. The molecule has 1 aromatic rings. The summed E-state index contributed by atoms with van der Waals surface area (Å²) in [5, 5.41) is 5.89. The van der Waals surface area contributed by atoms with Crippen molar-refractivity contribution in [1.82, 2.24) is 10.6 Å². The van der Waals surface area contributed by atoms with E-state index in [0.29, 0.717) is 13.0 Å². The second-order valence-electron chi connectivity index (χ2n) is 4.65. The summed E-state index contributed by atoms with van der Waals surface area (Å²) in [6.07, 6.45) is 3.72. The number of amides is 1. The Hall–Kier alpha value is -1.35. The van der Waals surface area contributed by atoms with Gasteiger partial charge < -0.3 is 10.6 Å². The molecule has 2 N–H and O–H groups in total. The highest BCUT2D eigenvalue weighted by atomic mass is 16.1. The maximum Gasteiger partial charge on any atom is 0.220 e. The van der Waals surface area contributed by atoms with Crippen LogP contribution in [0, 0.1) is 6.92 Å². The molecule has 0 aliphatic heterocycles. The highest BCUT2D eigenvalue weighted by molar-refractivity contribution is 5.75. The molecule has 0 aliphatic carbocycles. The van der Waals surface area contributed by atoms with Gasteiger partial charge in [0, 0.05) is 19.5 Å². The summed E-state index contributed by atoms with van der Waals surface area (Å²) in [4.78, 5) is 11.4. The number of hydrogen-bond donors (Lipinski definition) is 2. The Morgan fingerprint density at radius 3 is 2.50 bits per heavy atom. The number of aryl methyl sites for hydroxylation is 2. The third kappa shape index (κ3) is 6.40. The van der Waals surface area contributed by atoms with Crippen LogP contribution in [-0.2, 0) is 11.2 Å². The van der Waals surface area contributed by atoms with Crippen molar-refractivity contribution >= 4 is 5.91 Å². The number of carbonyl (C=O) groups excluding carboxylic acids is 1. The number of rotatable bonds is 8. The lowest BCUT2D eigenvalue weighted by Crippen LogP contribution is -2.30. The van der Waals surface area contributed by atoms with Gasteiger partial charge in [-0.05, 0) is 38.8 Å². The molecule has 0 saturated heterocycles. The zero-order valence-electron chi connectivity index (χ0n) is 11.5. The number of likely N-dealkylation sites (N-methyl/N-ethyl adjacent to an activating group) is 1. The fraction of sp³-hybridized carbons (Fsp3) is 0.533. The number of hydrogen-bond acceptors (Lipinski definition) is 2. The van der Waals surface area contributed by atoms with E-state index in [-0.39, 0.29) is 5.91 Å². The fourth-order valence-electron chi connectivity index (χ4n) is 1.78. The first-order valence-corrected chi connectivity index (χ1v) is 6.69. The molecule has 18 heavy (non-hydrogen) atoms. The second kappa shape index (κ2) is 8.70. The minimum absolute atomic E-state index is 0.161. The van der Waals surface area contributed by atoms with Gasteiger partial charge in [0.1, 0.15) is 0 Å². The monoisotopic (exact) mass is 248 g/mol. The van der Waals surface area contributed by atoms with Gasteiger partial charge in [0.05, 0.1) is 0 Å². The van der Waals surface area contributed by atoms with E-state index in [1.807, 2.05) is 7.05 Å². The average molecular weight is 248 g/mol. The summed E-state index contributed by atoms with van der Waals surface area (Å²) in [6.45, 7) is 3.64. The molecule has 1 aromatic carbocycles. The number of carbonyl (C=O) groups is 1. The van der Waals surface area contributed by atoms with Crippen molar-refractivity contribution in [3.8, 4) is 0 Å². The van der Waals surface area contributed by atoms with E-state index in [1.165, 1.54) is 11.1 Å². The second-order valence-corrected chi connectivity index (χ2v) is 4.65. The van der Waals surface area contributed by atoms with Crippen LogP contribution in [0.3, 0.4) is 0 Å². The molecule has 0 saturated carbocycles. The molecule has 100 valence electrons. The lowest BCUT2D eigenvalue weighted by atomic mass is 10.1. The number of benzene rings is 1. The topological polar surface area (TPSA) is 41.1 Å². The van der Waals surface area contributed by atoms with Gasteiger partial charge in [0.2, 0.25) is 5.91 Å². The molecule has 3 nitrogen and oxygen atoms in total. The molecule has 1 rings (SSSR count). The molecule has 0 fully saturated rings. The molecule has 0 atom stereocenters. The van der Waals surface area contributed by atoms with E-state index in [0.717, 1.165) is 25.8 Å². The maximum absolute atomic E-state index is 11.4. The minimum Gasteiger partial charge on any atom is -0.355 e. The van der Waals surface area contributed by atoms with Crippen LogP contribution in [0.1, 0.15) is 30.4 Å². The number of nitrogens with one attached hydrogen (secondary N) is 2. The van der Waals surface area contributed by atoms with E-state index < -0.39 is 0 Å². The minimum atomic E-state index is 0.161. The van der Waals surface area contributed by atoms with Crippen LogP contribution in [0.25, 0.3) is 0 Å². The Kier molecular flexibility index (Phi) is 7.11. The zero-order valence-corrected chi connectivity index (χ0v) is 11.5. The van der Waals surface area contributed by atoms with E-state index in [2.05, 4.69) is 41.8 Å². The summed E-state index contributed by atoms with van der Waals surface area (Å²) >= 11 is 0. The lowest BCUT2D eigenvalue weighted by Gasteiger charge is -2.05. The third-order valence-electron chi connectivity index (χ3n) is 2.94. The molecule has 0 radical (unpaired) electrons. The molecule has 0 aliphatic rings. The SMILES string of the molecule is CNCCNC(=O)CCCCc1ccc(C)cc1. The van der Waals surface area contributed by atoms with Crippen molar-refractivity contribution in [2.24, 2.45) is 0 Å². The van der Waals surface area contributed by atoms with Gasteiger partial charge in [-0.2, -0.15) is 0 Å². The highest BCUT2D eigenvalue weighted by Gasteiger charge is 2.00. The predicted molar refractivity (Wildman–Crippen MR) is 75.7 cm³/mol. The van der Waals surface area contributed by atoms with Gasteiger partial charge in [0.15, 0.2) is 0 Å². The Morgan fingerprint density at radius 2 is 1.83 bits per heavy atom. The zero-order chi connectivity index (χ0) is 13.2. The average Bonchev–Trinajstić information content (AvgIpc) is 2.37. The predicted octanol–water partition coefficient (Wildman–Crippen LogP) is 2.04. The molecule has 0 unspecified atom stereocenters. The Labute approximate surface area is 110 Å². The van der Waals surface area contributed by atoms with Crippen molar-refractivity contribution < 1.29 is 4.79 Å². The Bertz CT molecular complexity index is 346. The van der Waals surface area contributed by atoms with E-state index in [9.17, 15) is 4.79 Å². The molecule has 0 bridgehead atoms. The van der Waals surface area contributed by atoms with Crippen LogP contribution in [0.2, 0.25) is 0 Å². The van der Waals surface area contributed by atoms with Gasteiger partial charge in [-0.3, -0.25) is 4.79 Å². The fourth-order valence-corrected chi connectivity index (χ4v) is 1.78. The van der Waals surface area contributed by atoms with E-state index in [1.54, 1.807) is 0 Å². The van der Waals surface area contributed by atoms with Gasteiger partial charge in [0.25, 0.3) is 0 Å². The maximum atomic E-state index is 11.4. The molecule has 1 amide bonds. The summed E-state index contributed by atoms with van der Waals surface area (Å²) in [6, 6.07) is 8.62. The van der Waals surface area contributed by atoms with Crippen molar-refractivity contribution in [1.29, 1.82) is 0 Å². The first-order chi connectivity index (χ1) is 8.72. The van der Waals surface area contributed by atoms with Crippen LogP contribution in [0.5, 0.6) is 0 Å². The third-order valence-corrected chi connectivity index (χ3v) is 2.94. The van der Waals surface area contributed by atoms with Crippen molar-refractivity contribution in [2.75, 3.05) is 20.1 Å². The highest BCUT2D eigenvalue weighted by Crippen LogP contribution is 2.08. The van der Waals surface area contributed by atoms with Gasteiger partial charge in [-0.1, -0.05) is 29.8 Å². The van der Waals surface area contributed by atoms with Gasteiger partial charge in [-0.15, -0.1) is 0 Å². The first-order valence-electron chi connectivity index (χ1n) is 6.69. The quantitative estimate of drug-likeness (QED) is 0.691. The summed E-state index contributed by atoms with van der Waals surface area (Å²) < 4.78 is 0. The molecule has 0 heterocycles. The van der Waals surface area contributed by atoms with E-state index in [4.69, 9.17) is 0 Å². The normalized spacial score (nSPS) is 10.3. The van der Waals surface area contributed by atoms with Gasteiger partial charge >= 0.3 is 0 Å². The number of unbranched alkanes of at least 4 members (excludes halogenated alkanes) is 1. The van der Waals surface area contributed by atoms with Crippen LogP contribution in [0.15, 0.2) is 24.3 Å². The smallest absolute Gasteiger partial charge is 0.220 e. The standard InChI is InChI=1S/C15H24N2O/c1-13-7-9-14(10-8-13)5-3-4-6-15(18)17-12-11-16-2/h7-10,16H,3-6,11-12H2,1-2H3,(H,17,18). The van der Waals surface area contributed by atoms with Crippen molar-refractivity contribution in [2.45, 2.75) is 32.6 Å². The molecule has 0 aromatic heterocycles. The van der Waals surface area contributed by atoms with Gasteiger partial charge in [-0.25, -0.2) is 0 Å². The summed E-state index contributed by atoms with van der Waals surface area (Å²) in [5.41, 5.74) is 2.65. The summed E-state index contributed by atoms with van der Waals surface area (Å²) in [5.74, 6) is 0.161. The van der Waals surface area contributed by atoms with Crippen molar-refractivity contribution in [3.63, 3.8) is 0 Å². The largest absolute Gasteiger partial charge is 0.355 e.